The summed E-state index contributed by atoms with van der Waals surface area (Å²) in [4.78, 5) is 56.1. The molecule has 1 unspecified atom stereocenters. The molecule has 1 aliphatic carbocycles. The van der Waals surface area contributed by atoms with Gasteiger partial charge in [-0.05, 0) is 76.3 Å². The highest BCUT2D eigenvalue weighted by atomic mass is 35.5. The molecule has 2 saturated heterocycles. The van der Waals surface area contributed by atoms with E-state index in [9.17, 15) is 24.3 Å². The number of ether oxygens (including phenoxy) is 2. The first kappa shape index (κ1) is 34.4. The van der Waals surface area contributed by atoms with E-state index in [-0.39, 0.29) is 18.9 Å². The van der Waals surface area contributed by atoms with Crippen LogP contribution in [0.3, 0.4) is 0 Å². The van der Waals surface area contributed by atoms with Crippen molar-refractivity contribution in [1.82, 2.24) is 35.7 Å². The number of carbonyl (C=O) groups is 4. The molecule has 5 atom stereocenters. The summed E-state index contributed by atoms with van der Waals surface area (Å²) in [5, 5.41) is 29.1. The molecule has 3 N–H and O–H groups in total. The zero-order valence-electron chi connectivity index (χ0n) is 27.3. The molecule has 15 heteroatoms. The fraction of sp³-hybridized carbons (Fsp3) is 0.656. The van der Waals surface area contributed by atoms with Crippen LogP contribution in [0.4, 0.5) is 4.79 Å². The Kier molecular flexibility index (Phi) is 10.3. The maximum absolute atomic E-state index is 14.2. The van der Waals surface area contributed by atoms with Gasteiger partial charge in [-0.3, -0.25) is 9.59 Å². The SMILES string of the molecule is CCOc1ccc(-c2nnn([C@@H]3C[C@H]4C(=O)N[C@]5(C(=O)O)C[C@H]5CCCCCCCC(NC(=O)OC(C)(C)C)C(=O)N4C3)n2)cc1Cl. The van der Waals surface area contributed by atoms with E-state index in [1.54, 1.807) is 39.0 Å². The molecule has 256 valence electrons. The van der Waals surface area contributed by atoms with Gasteiger partial charge in [0.05, 0.1) is 17.7 Å². The Bertz CT molecular complexity index is 1490. The summed E-state index contributed by atoms with van der Waals surface area (Å²) in [5.74, 6) is -1.43. The number of nitrogens with one attached hydrogen (secondary N) is 2. The van der Waals surface area contributed by atoms with Gasteiger partial charge in [0, 0.05) is 18.5 Å². The number of fused-ring (bicyclic) bond motifs is 2. The maximum Gasteiger partial charge on any atom is 0.408 e. The van der Waals surface area contributed by atoms with Gasteiger partial charge in [0.2, 0.25) is 17.6 Å². The molecule has 0 bridgehead atoms. The number of hydrogen-bond acceptors (Lipinski definition) is 9. The molecular formula is C32H44ClN7O7. The van der Waals surface area contributed by atoms with E-state index in [0.29, 0.717) is 54.5 Å². The van der Waals surface area contributed by atoms with Crippen LogP contribution in [0.1, 0.15) is 91.5 Å². The topological polar surface area (TPSA) is 178 Å². The summed E-state index contributed by atoms with van der Waals surface area (Å²) < 4.78 is 11.0. The van der Waals surface area contributed by atoms with Gasteiger partial charge in [0.1, 0.15) is 29.0 Å². The fourth-order valence-electron chi connectivity index (χ4n) is 6.51. The second-order valence-electron chi connectivity index (χ2n) is 13.6. The van der Waals surface area contributed by atoms with Crippen LogP contribution in [0.25, 0.3) is 11.4 Å². The number of benzene rings is 1. The first-order chi connectivity index (χ1) is 22.3. The zero-order chi connectivity index (χ0) is 33.9. The highest BCUT2D eigenvalue weighted by molar-refractivity contribution is 6.32. The van der Waals surface area contributed by atoms with Crippen molar-refractivity contribution in [1.29, 1.82) is 0 Å². The number of alkyl carbamates (subject to hydrolysis) is 1. The third-order valence-electron chi connectivity index (χ3n) is 8.98. The summed E-state index contributed by atoms with van der Waals surface area (Å²) in [6, 6.07) is 2.64. The molecule has 47 heavy (non-hydrogen) atoms. The lowest BCUT2D eigenvalue weighted by atomic mass is 10.0. The molecule has 1 aromatic carbocycles. The van der Waals surface area contributed by atoms with E-state index in [0.717, 1.165) is 25.7 Å². The lowest BCUT2D eigenvalue weighted by Gasteiger charge is -2.30. The predicted octanol–water partition coefficient (Wildman–Crippen LogP) is 4.13. The second-order valence-corrected chi connectivity index (χ2v) is 14.0. The molecule has 14 nitrogen and oxygen atoms in total. The predicted molar refractivity (Wildman–Crippen MR) is 171 cm³/mol. The maximum atomic E-state index is 14.2. The van der Waals surface area contributed by atoms with Gasteiger partial charge >= 0.3 is 12.1 Å². The Hall–Kier alpha value is -3.94. The number of carboxylic acid groups (broad SMARTS) is 1. The monoisotopic (exact) mass is 673 g/mol. The van der Waals surface area contributed by atoms with Crippen LogP contribution in [0.2, 0.25) is 5.02 Å². The van der Waals surface area contributed by atoms with Gasteiger partial charge in [0.25, 0.3) is 0 Å². The fourth-order valence-corrected chi connectivity index (χ4v) is 6.74. The first-order valence-electron chi connectivity index (χ1n) is 16.4. The van der Waals surface area contributed by atoms with Crippen LogP contribution >= 0.6 is 11.6 Å². The normalized spacial score (nSPS) is 27.0. The molecule has 5 rings (SSSR count). The average Bonchev–Trinajstić information content (AvgIpc) is 3.32. The number of carbonyl (C=O) groups excluding carboxylic acids is 3. The molecule has 3 aliphatic rings. The van der Waals surface area contributed by atoms with E-state index in [1.165, 1.54) is 9.70 Å². The van der Waals surface area contributed by atoms with Crippen LogP contribution in [0.5, 0.6) is 5.75 Å². The van der Waals surface area contributed by atoms with E-state index >= 15 is 0 Å². The molecule has 0 radical (unpaired) electrons. The van der Waals surface area contributed by atoms with Crippen molar-refractivity contribution in [2.45, 2.75) is 115 Å². The quantitative estimate of drug-likeness (QED) is 0.404. The van der Waals surface area contributed by atoms with Gasteiger partial charge in [-0.2, -0.15) is 4.80 Å². The molecule has 0 spiro atoms. The van der Waals surface area contributed by atoms with Gasteiger partial charge in [0.15, 0.2) is 0 Å². The zero-order valence-corrected chi connectivity index (χ0v) is 28.1. The van der Waals surface area contributed by atoms with Crippen molar-refractivity contribution < 1.29 is 33.8 Å². The summed E-state index contributed by atoms with van der Waals surface area (Å²) in [6.45, 7) is 7.58. The van der Waals surface area contributed by atoms with Crippen molar-refractivity contribution in [2.75, 3.05) is 13.2 Å². The molecule has 3 fully saturated rings. The molecule has 1 saturated carbocycles. The summed E-state index contributed by atoms with van der Waals surface area (Å²) in [7, 11) is 0. The minimum absolute atomic E-state index is 0.0484. The van der Waals surface area contributed by atoms with E-state index < -0.39 is 53.1 Å². The number of amides is 3. The Morgan fingerprint density at radius 1 is 1.15 bits per heavy atom. The van der Waals surface area contributed by atoms with Gasteiger partial charge in [-0.1, -0.05) is 43.7 Å². The van der Waals surface area contributed by atoms with Crippen LogP contribution in [-0.4, -0.2) is 90.5 Å². The number of aliphatic carboxylic acids is 1. The Balaban J connectivity index is 1.43. The van der Waals surface area contributed by atoms with Gasteiger partial charge in [-0.25, -0.2) is 9.59 Å². The lowest BCUT2D eigenvalue weighted by Crippen LogP contribution is -2.56. The summed E-state index contributed by atoms with van der Waals surface area (Å²) in [5.41, 5.74) is -1.52. The minimum Gasteiger partial charge on any atom is -0.492 e. The standard InChI is InChI=1S/C32H44ClN7O7/c1-5-46-25-14-13-19(15-22(25)33)26-36-38-40(37-26)21-16-24-27(41)35-32(29(43)44)17-20(32)11-9-7-6-8-10-12-23(28(42)39(24)18-21)34-30(45)47-31(2,3)4/h13-15,20-21,23-24H,5-12,16-18H2,1-4H3,(H,34,45)(H,35,41)(H,43,44)/t20-,21-,23?,24+,32-/m1/s1. The van der Waals surface area contributed by atoms with Gasteiger partial charge in [-0.15, -0.1) is 10.2 Å². The molecule has 2 aliphatic heterocycles. The number of tetrazole rings is 1. The number of halogens is 1. The highest BCUT2D eigenvalue weighted by Crippen LogP contribution is 2.47. The first-order valence-corrected chi connectivity index (χ1v) is 16.8. The third-order valence-corrected chi connectivity index (χ3v) is 9.27. The summed E-state index contributed by atoms with van der Waals surface area (Å²) >= 11 is 6.37. The van der Waals surface area contributed by atoms with Crippen LogP contribution in [-0.2, 0) is 19.1 Å². The second kappa shape index (κ2) is 14.0. The van der Waals surface area contributed by atoms with Crippen molar-refractivity contribution in [2.24, 2.45) is 5.92 Å². The van der Waals surface area contributed by atoms with E-state index in [1.807, 2.05) is 6.92 Å². The number of hydrogen-bond donors (Lipinski definition) is 3. The number of aromatic nitrogens is 4. The van der Waals surface area contributed by atoms with Crippen molar-refractivity contribution in [3.8, 4) is 17.1 Å². The minimum atomic E-state index is -1.36. The number of carboxylic acids is 1. The smallest absolute Gasteiger partial charge is 0.408 e. The van der Waals surface area contributed by atoms with Crippen molar-refractivity contribution >= 4 is 35.5 Å². The van der Waals surface area contributed by atoms with Gasteiger partial charge < -0.3 is 30.1 Å². The number of nitrogens with zero attached hydrogens (tertiary/aromatic N) is 5. The van der Waals surface area contributed by atoms with Crippen LogP contribution < -0.4 is 15.4 Å². The average molecular weight is 674 g/mol. The Morgan fingerprint density at radius 3 is 2.55 bits per heavy atom. The molecular weight excluding hydrogens is 630 g/mol. The lowest BCUT2D eigenvalue weighted by molar-refractivity contribution is -0.146. The largest absolute Gasteiger partial charge is 0.492 e. The number of rotatable bonds is 6. The highest BCUT2D eigenvalue weighted by Gasteiger charge is 2.62. The van der Waals surface area contributed by atoms with E-state index in [2.05, 4.69) is 26.0 Å². The summed E-state index contributed by atoms with van der Waals surface area (Å²) in [6.07, 6.45) is 5.02. The van der Waals surface area contributed by atoms with E-state index in [4.69, 9.17) is 21.1 Å². The Morgan fingerprint density at radius 2 is 1.87 bits per heavy atom. The van der Waals surface area contributed by atoms with Crippen LogP contribution in [0, 0.1) is 5.92 Å². The van der Waals surface area contributed by atoms with Crippen LogP contribution in [0.15, 0.2) is 18.2 Å². The van der Waals surface area contributed by atoms with Crippen molar-refractivity contribution in [3.63, 3.8) is 0 Å². The van der Waals surface area contributed by atoms with Crippen molar-refractivity contribution in [3.05, 3.63) is 23.2 Å². The Labute approximate surface area is 278 Å². The molecule has 1 aromatic heterocycles. The molecule has 2 aromatic rings. The third kappa shape index (κ3) is 7.96. The molecule has 3 amide bonds. The molecule has 3 heterocycles.